The number of hydrogen-bond acceptors (Lipinski definition) is 10. The van der Waals surface area contributed by atoms with E-state index < -0.39 is 30.4 Å². The van der Waals surface area contributed by atoms with Crippen molar-refractivity contribution in [2.24, 2.45) is 0 Å². The van der Waals surface area contributed by atoms with Crippen molar-refractivity contribution in [1.29, 1.82) is 0 Å². The van der Waals surface area contributed by atoms with Gasteiger partial charge in [-0.1, -0.05) is 30.3 Å². The van der Waals surface area contributed by atoms with E-state index in [1.165, 1.54) is 27.1 Å². The number of anilines is 1. The number of imidazole rings is 1. The first-order chi connectivity index (χ1) is 16.8. The summed E-state index contributed by atoms with van der Waals surface area (Å²) in [5.41, 5.74) is 1.65. The normalized spacial score (nSPS) is 19.3. The van der Waals surface area contributed by atoms with E-state index in [1.807, 2.05) is 30.3 Å². The van der Waals surface area contributed by atoms with Crippen molar-refractivity contribution in [3.05, 3.63) is 42.2 Å². The first kappa shape index (κ1) is 24.1. The molecule has 1 aliphatic heterocycles. The van der Waals surface area contributed by atoms with Gasteiger partial charge in [0, 0.05) is 27.2 Å². The maximum Gasteiger partial charge on any atom is 0.303 e. The van der Waals surface area contributed by atoms with Gasteiger partial charge < -0.3 is 18.9 Å². The fourth-order valence-corrected chi connectivity index (χ4v) is 3.70. The van der Waals surface area contributed by atoms with Crippen LogP contribution in [0.15, 0.2) is 36.7 Å². The highest BCUT2D eigenvalue weighted by Gasteiger charge is 2.40. The number of ether oxygens (including phenoxy) is 4. The van der Waals surface area contributed by atoms with Crippen LogP contribution < -0.4 is 10.1 Å². The minimum absolute atomic E-state index is 0.0424. The molecule has 35 heavy (non-hydrogen) atoms. The summed E-state index contributed by atoms with van der Waals surface area (Å²) >= 11 is 0. The average Bonchev–Trinajstić information content (AvgIpc) is 3.39. The van der Waals surface area contributed by atoms with Crippen LogP contribution in [0.3, 0.4) is 0 Å². The lowest BCUT2D eigenvalue weighted by Crippen LogP contribution is -2.31. The number of benzene rings is 1. The second-order valence-electron chi connectivity index (χ2n) is 7.95. The largest absolute Gasteiger partial charge is 0.471 e. The maximum atomic E-state index is 11.7. The van der Waals surface area contributed by atoms with Crippen LogP contribution in [0.5, 0.6) is 5.88 Å². The molecule has 1 aliphatic rings. The predicted molar refractivity (Wildman–Crippen MR) is 121 cm³/mol. The fraction of sp³-hybridized carbons (Fsp3) is 0.391. The second-order valence-corrected chi connectivity index (χ2v) is 7.95. The third-order valence-electron chi connectivity index (χ3n) is 5.15. The van der Waals surface area contributed by atoms with E-state index in [4.69, 9.17) is 18.9 Å². The number of aromatic nitrogens is 4. The number of amides is 1. The summed E-state index contributed by atoms with van der Waals surface area (Å²) in [6, 6.07) is 9.53. The Balaban J connectivity index is 1.65. The predicted octanol–water partition coefficient (Wildman–Crippen LogP) is 2.15. The van der Waals surface area contributed by atoms with Crippen LogP contribution in [-0.2, 0) is 35.2 Å². The van der Waals surface area contributed by atoms with Crippen molar-refractivity contribution in [1.82, 2.24) is 19.5 Å². The van der Waals surface area contributed by atoms with Crippen molar-refractivity contribution >= 4 is 35.0 Å². The van der Waals surface area contributed by atoms with Crippen LogP contribution in [0.4, 0.5) is 5.95 Å². The standard InChI is InChI=1S/C23H25N5O7/c1-13(29)25-23-26-21-20(22(27-23)33-10-16-7-5-4-6-8-16)24-12-28(21)19-9-17(34-15(3)31)18(35-19)11-32-14(2)30/h4-8,12,17-19H,9-11H2,1-3H3,(H,25,26,27,29)/t17-,18+,19+/m0/s1. The molecule has 184 valence electrons. The Bertz CT molecular complexity index is 1230. The smallest absolute Gasteiger partial charge is 0.303 e. The van der Waals surface area contributed by atoms with Crippen molar-refractivity contribution in [2.45, 2.75) is 52.2 Å². The first-order valence-corrected chi connectivity index (χ1v) is 10.9. The minimum atomic E-state index is -0.671. The molecule has 1 fully saturated rings. The number of esters is 2. The molecule has 3 atom stereocenters. The minimum Gasteiger partial charge on any atom is -0.471 e. The molecule has 1 N–H and O–H groups in total. The van der Waals surface area contributed by atoms with Gasteiger partial charge in [0.05, 0.1) is 6.33 Å². The Morgan fingerprint density at radius 2 is 1.89 bits per heavy atom. The zero-order valence-electron chi connectivity index (χ0n) is 19.5. The lowest BCUT2D eigenvalue weighted by atomic mass is 10.2. The summed E-state index contributed by atoms with van der Waals surface area (Å²) in [5, 5.41) is 2.57. The Kier molecular flexibility index (Phi) is 7.20. The molecule has 0 bridgehead atoms. The zero-order valence-corrected chi connectivity index (χ0v) is 19.5. The van der Waals surface area contributed by atoms with Gasteiger partial charge >= 0.3 is 11.9 Å². The van der Waals surface area contributed by atoms with Crippen molar-refractivity contribution in [3.8, 4) is 5.88 Å². The van der Waals surface area contributed by atoms with Gasteiger partial charge in [0.1, 0.15) is 31.6 Å². The summed E-state index contributed by atoms with van der Waals surface area (Å²) in [5.74, 6) is -1.07. The Labute approximate surface area is 200 Å². The molecule has 0 saturated carbocycles. The number of rotatable bonds is 8. The number of carbonyl (C=O) groups is 3. The molecule has 4 rings (SSSR count). The summed E-state index contributed by atoms with van der Waals surface area (Å²) in [6.45, 7) is 4.09. The van der Waals surface area contributed by atoms with E-state index in [0.717, 1.165) is 5.56 Å². The van der Waals surface area contributed by atoms with Crippen LogP contribution in [0, 0.1) is 0 Å². The molecule has 0 spiro atoms. The zero-order chi connectivity index (χ0) is 24.9. The topological polar surface area (TPSA) is 144 Å². The second kappa shape index (κ2) is 10.5. The molecule has 1 saturated heterocycles. The number of nitrogens with zero attached hydrogens (tertiary/aromatic N) is 4. The number of fused-ring (bicyclic) bond motifs is 1. The average molecular weight is 483 g/mol. The highest BCUT2D eigenvalue weighted by Crippen LogP contribution is 2.34. The van der Waals surface area contributed by atoms with Gasteiger partial charge in [-0.2, -0.15) is 9.97 Å². The third kappa shape index (κ3) is 5.90. The molecule has 12 nitrogen and oxygen atoms in total. The molecular weight excluding hydrogens is 458 g/mol. The van der Waals surface area contributed by atoms with Crippen molar-refractivity contribution in [2.75, 3.05) is 11.9 Å². The highest BCUT2D eigenvalue weighted by molar-refractivity contribution is 5.88. The van der Waals surface area contributed by atoms with E-state index in [1.54, 1.807) is 4.57 Å². The van der Waals surface area contributed by atoms with Gasteiger partial charge in [0.25, 0.3) is 0 Å². The van der Waals surface area contributed by atoms with Crippen LogP contribution >= 0.6 is 0 Å². The van der Waals surface area contributed by atoms with Gasteiger partial charge in [-0.05, 0) is 5.56 Å². The lowest BCUT2D eigenvalue weighted by Gasteiger charge is -2.17. The van der Waals surface area contributed by atoms with Gasteiger partial charge in [-0.15, -0.1) is 0 Å². The Morgan fingerprint density at radius 1 is 1.11 bits per heavy atom. The molecule has 3 heterocycles. The molecular formula is C23H25N5O7. The van der Waals surface area contributed by atoms with Crippen LogP contribution in [0.2, 0.25) is 0 Å². The lowest BCUT2D eigenvalue weighted by molar-refractivity contribution is -0.155. The summed E-state index contributed by atoms with van der Waals surface area (Å²) < 4.78 is 24.1. The highest BCUT2D eigenvalue weighted by atomic mass is 16.6. The van der Waals surface area contributed by atoms with Crippen LogP contribution in [0.25, 0.3) is 11.2 Å². The molecule has 0 radical (unpaired) electrons. The monoisotopic (exact) mass is 483 g/mol. The third-order valence-corrected chi connectivity index (χ3v) is 5.15. The molecule has 1 amide bonds. The summed E-state index contributed by atoms with van der Waals surface area (Å²) in [4.78, 5) is 47.7. The number of carbonyl (C=O) groups excluding carboxylic acids is 3. The van der Waals surface area contributed by atoms with E-state index in [-0.39, 0.29) is 37.4 Å². The summed E-state index contributed by atoms with van der Waals surface area (Å²) in [7, 11) is 0. The number of nitrogens with one attached hydrogen (secondary N) is 1. The van der Waals surface area contributed by atoms with E-state index >= 15 is 0 Å². The molecule has 0 unspecified atom stereocenters. The quantitative estimate of drug-likeness (QED) is 0.473. The maximum absolute atomic E-state index is 11.7. The van der Waals surface area contributed by atoms with Crippen LogP contribution in [-0.4, -0.2) is 56.2 Å². The van der Waals surface area contributed by atoms with Crippen molar-refractivity contribution in [3.63, 3.8) is 0 Å². The van der Waals surface area contributed by atoms with Gasteiger partial charge in [-0.3, -0.25) is 24.3 Å². The molecule has 0 aliphatic carbocycles. The first-order valence-electron chi connectivity index (χ1n) is 10.9. The summed E-state index contributed by atoms with van der Waals surface area (Å²) in [6.07, 6.45) is -0.158. The van der Waals surface area contributed by atoms with Gasteiger partial charge in [0.2, 0.25) is 17.7 Å². The Hall–Kier alpha value is -4.06. The molecule has 1 aromatic carbocycles. The van der Waals surface area contributed by atoms with Crippen LogP contribution in [0.1, 0.15) is 39.0 Å². The fourth-order valence-electron chi connectivity index (χ4n) is 3.70. The molecule has 2 aromatic heterocycles. The van der Waals surface area contributed by atoms with E-state index in [2.05, 4.69) is 20.3 Å². The SMILES string of the molecule is CC(=O)Nc1nc(OCc2ccccc2)c2ncn([C@H]3C[C@H](OC(C)=O)[C@@H](COC(C)=O)O3)c2n1. The van der Waals surface area contributed by atoms with E-state index in [0.29, 0.717) is 11.2 Å². The Morgan fingerprint density at radius 3 is 2.57 bits per heavy atom. The van der Waals surface area contributed by atoms with Gasteiger partial charge in [-0.25, -0.2) is 4.98 Å². The molecule has 12 heteroatoms. The van der Waals surface area contributed by atoms with Crippen molar-refractivity contribution < 1.29 is 33.3 Å². The van der Waals surface area contributed by atoms with E-state index in [9.17, 15) is 14.4 Å². The molecule has 3 aromatic rings. The number of hydrogen-bond donors (Lipinski definition) is 1. The van der Waals surface area contributed by atoms with Gasteiger partial charge in [0.15, 0.2) is 11.2 Å².